The van der Waals surface area contributed by atoms with Crippen LogP contribution in [0.4, 0.5) is 11.4 Å². The number of anilines is 1. The lowest BCUT2D eigenvalue weighted by Gasteiger charge is -2.29. The van der Waals surface area contributed by atoms with Crippen LogP contribution < -0.4 is 5.32 Å². The van der Waals surface area contributed by atoms with Crippen LogP contribution in [0.15, 0.2) is 16.9 Å². The van der Waals surface area contributed by atoms with E-state index < -0.39 is 4.92 Å². The van der Waals surface area contributed by atoms with Crippen molar-refractivity contribution in [2.45, 2.75) is 12.8 Å². The van der Waals surface area contributed by atoms with E-state index in [9.17, 15) is 10.1 Å². The van der Waals surface area contributed by atoms with Crippen LogP contribution in [-0.4, -0.2) is 41.5 Å². The predicted octanol–water partition coefficient (Wildman–Crippen LogP) is 2.51. The quantitative estimate of drug-likeness (QED) is 0.679. The molecule has 6 nitrogen and oxygen atoms in total. The number of nitrogens with zero attached hydrogens (tertiary/aromatic N) is 3. The molecule has 0 spiro atoms. The van der Waals surface area contributed by atoms with Crippen LogP contribution in [0.3, 0.4) is 0 Å². The summed E-state index contributed by atoms with van der Waals surface area (Å²) in [5, 5.41) is 14.2. The Balaban J connectivity index is 2.01. The van der Waals surface area contributed by atoms with E-state index in [1.54, 1.807) is 6.20 Å². The molecule has 1 saturated heterocycles. The van der Waals surface area contributed by atoms with Crippen LogP contribution in [0, 0.1) is 16.0 Å². The molecular weight excluding hydrogens is 312 g/mol. The minimum Gasteiger partial charge on any atom is -0.378 e. The molecule has 0 unspecified atom stereocenters. The van der Waals surface area contributed by atoms with E-state index in [1.807, 2.05) is 0 Å². The molecule has 0 radical (unpaired) electrons. The number of nitro groups is 1. The molecule has 1 aromatic rings. The summed E-state index contributed by atoms with van der Waals surface area (Å²) in [5.74, 6) is 0.566. The Bertz CT molecular complexity index is 461. The maximum atomic E-state index is 11.0. The van der Waals surface area contributed by atoms with Gasteiger partial charge in [-0.05, 0) is 54.8 Å². The lowest BCUT2D eigenvalue weighted by Crippen LogP contribution is -2.33. The Morgan fingerprint density at radius 2 is 2.21 bits per heavy atom. The van der Waals surface area contributed by atoms with Gasteiger partial charge in [-0.3, -0.25) is 15.1 Å². The summed E-state index contributed by atoms with van der Waals surface area (Å²) in [7, 11) is 2.12. The van der Waals surface area contributed by atoms with E-state index >= 15 is 0 Å². The van der Waals surface area contributed by atoms with Gasteiger partial charge in [-0.1, -0.05) is 0 Å². The molecule has 19 heavy (non-hydrogen) atoms. The van der Waals surface area contributed by atoms with Crippen LogP contribution in [0.1, 0.15) is 12.8 Å². The van der Waals surface area contributed by atoms with Gasteiger partial charge in [-0.2, -0.15) is 0 Å². The number of hydrogen-bond donors (Lipinski definition) is 1. The number of pyridine rings is 1. The average molecular weight is 329 g/mol. The number of piperidine rings is 1. The molecular formula is C12H17BrN4O2. The lowest BCUT2D eigenvalue weighted by molar-refractivity contribution is -0.384. The van der Waals surface area contributed by atoms with Crippen LogP contribution in [-0.2, 0) is 0 Å². The predicted molar refractivity (Wildman–Crippen MR) is 77.3 cm³/mol. The second-order valence-corrected chi connectivity index (χ2v) is 5.75. The molecule has 0 saturated carbocycles. The van der Waals surface area contributed by atoms with E-state index in [0.717, 1.165) is 32.5 Å². The highest BCUT2D eigenvalue weighted by atomic mass is 79.9. The smallest absolute Gasteiger partial charge is 0.311 e. The van der Waals surface area contributed by atoms with E-state index in [-0.39, 0.29) is 5.69 Å². The first kappa shape index (κ1) is 14.2. The zero-order valence-corrected chi connectivity index (χ0v) is 12.4. The van der Waals surface area contributed by atoms with Crippen molar-refractivity contribution in [1.82, 2.24) is 9.88 Å². The van der Waals surface area contributed by atoms with Gasteiger partial charge in [0.25, 0.3) is 0 Å². The zero-order valence-electron chi connectivity index (χ0n) is 10.8. The van der Waals surface area contributed by atoms with Gasteiger partial charge in [-0.15, -0.1) is 0 Å². The third-order valence-corrected chi connectivity index (χ3v) is 4.08. The standard InChI is InChI=1S/C12H17BrN4O2/c1-16-4-2-9(3-5-16)6-15-12-10(13)7-14-8-11(12)17(18)19/h7-9H,2-6H2,1H3,(H,14,15). The number of likely N-dealkylation sites (tertiary alicyclic amines) is 1. The van der Waals surface area contributed by atoms with Gasteiger partial charge in [0.1, 0.15) is 11.9 Å². The van der Waals surface area contributed by atoms with Crippen LogP contribution in [0.2, 0.25) is 0 Å². The van der Waals surface area contributed by atoms with Crippen molar-refractivity contribution in [3.63, 3.8) is 0 Å². The second-order valence-electron chi connectivity index (χ2n) is 4.90. The molecule has 104 valence electrons. The molecule has 2 rings (SSSR count). The fraction of sp³-hybridized carbons (Fsp3) is 0.583. The Morgan fingerprint density at radius 1 is 1.53 bits per heavy atom. The molecule has 1 fully saturated rings. The van der Waals surface area contributed by atoms with Crippen molar-refractivity contribution >= 4 is 27.3 Å². The van der Waals surface area contributed by atoms with Gasteiger partial charge in [0, 0.05) is 12.7 Å². The number of aromatic nitrogens is 1. The molecule has 0 atom stereocenters. The normalized spacial score (nSPS) is 17.4. The summed E-state index contributed by atoms with van der Waals surface area (Å²) in [5.41, 5.74) is 0.543. The van der Waals surface area contributed by atoms with Crippen molar-refractivity contribution in [2.24, 2.45) is 5.92 Å². The summed E-state index contributed by atoms with van der Waals surface area (Å²) in [6.07, 6.45) is 5.10. The minimum absolute atomic E-state index is 0.0160. The Morgan fingerprint density at radius 3 is 2.84 bits per heavy atom. The lowest BCUT2D eigenvalue weighted by atomic mass is 9.97. The maximum Gasteiger partial charge on any atom is 0.311 e. The Hall–Kier alpha value is -1.21. The van der Waals surface area contributed by atoms with Crippen molar-refractivity contribution in [3.8, 4) is 0 Å². The fourth-order valence-electron chi connectivity index (χ4n) is 2.25. The zero-order chi connectivity index (χ0) is 13.8. The van der Waals surface area contributed by atoms with Crippen LogP contribution in [0.25, 0.3) is 0 Å². The highest BCUT2D eigenvalue weighted by Crippen LogP contribution is 2.31. The average Bonchev–Trinajstić information content (AvgIpc) is 2.39. The molecule has 2 heterocycles. The number of hydrogen-bond acceptors (Lipinski definition) is 5. The van der Waals surface area contributed by atoms with Gasteiger partial charge in [0.05, 0.1) is 9.40 Å². The molecule has 1 aromatic heterocycles. The molecule has 1 aliphatic rings. The Labute approximate surface area is 120 Å². The van der Waals surface area contributed by atoms with Crippen molar-refractivity contribution in [1.29, 1.82) is 0 Å². The minimum atomic E-state index is -0.408. The number of rotatable bonds is 4. The maximum absolute atomic E-state index is 11.0. The van der Waals surface area contributed by atoms with Crippen molar-refractivity contribution < 1.29 is 4.92 Å². The van der Waals surface area contributed by atoms with E-state index in [4.69, 9.17) is 0 Å². The number of nitrogens with one attached hydrogen (secondary N) is 1. The topological polar surface area (TPSA) is 71.3 Å². The summed E-state index contributed by atoms with van der Waals surface area (Å²) in [6.45, 7) is 2.94. The first-order valence-electron chi connectivity index (χ1n) is 6.28. The van der Waals surface area contributed by atoms with Gasteiger partial charge in [-0.25, -0.2) is 0 Å². The molecule has 0 bridgehead atoms. The van der Waals surface area contributed by atoms with Crippen molar-refractivity contribution in [3.05, 3.63) is 27.0 Å². The molecule has 1 N–H and O–H groups in total. The van der Waals surface area contributed by atoms with Crippen LogP contribution >= 0.6 is 15.9 Å². The summed E-state index contributed by atoms with van der Waals surface area (Å²) >= 11 is 3.31. The van der Waals surface area contributed by atoms with Crippen LogP contribution in [0.5, 0.6) is 0 Å². The fourth-order valence-corrected chi connectivity index (χ4v) is 2.71. The van der Waals surface area contributed by atoms with E-state index in [1.165, 1.54) is 6.20 Å². The van der Waals surface area contributed by atoms with Gasteiger partial charge >= 0.3 is 5.69 Å². The summed E-state index contributed by atoms with van der Waals surface area (Å²) in [6, 6.07) is 0. The van der Waals surface area contributed by atoms with Gasteiger partial charge < -0.3 is 10.2 Å². The largest absolute Gasteiger partial charge is 0.378 e. The van der Waals surface area contributed by atoms with Crippen molar-refractivity contribution in [2.75, 3.05) is 32.0 Å². The third kappa shape index (κ3) is 3.63. The molecule has 7 heteroatoms. The first-order valence-corrected chi connectivity index (χ1v) is 7.07. The first-order chi connectivity index (χ1) is 9.08. The number of halogens is 1. The SMILES string of the molecule is CN1CCC(CNc2c(Br)cncc2[N+](=O)[O-])CC1. The summed E-state index contributed by atoms with van der Waals surface area (Å²) < 4.78 is 0.634. The van der Waals surface area contributed by atoms with Gasteiger partial charge in [0.2, 0.25) is 0 Å². The molecule has 1 aliphatic heterocycles. The summed E-state index contributed by atoms with van der Waals surface area (Å²) in [4.78, 5) is 16.7. The Kier molecular flexibility index (Phi) is 4.71. The molecule has 0 aromatic carbocycles. The van der Waals surface area contributed by atoms with E-state index in [2.05, 4.69) is 38.2 Å². The van der Waals surface area contributed by atoms with E-state index in [0.29, 0.717) is 16.1 Å². The monoisotopic (exact) mass is 328 g/mol. The highest BCUT2D eigenvalue weighted by Gasteiger charge is 2.20. The van der Waals surface area contributed by atoms with Gasteiger partial charge in [0.15, 0.2) is 0 Å². The highest BCUT2D eigenvalue weighted by molar-refractivity contribution is 9.10. The third-order valence-electron chi connectivity index (χ3n) is 3.48. The molecule has 0 amide bonds. The second kappa shape index (κ2) is 6.29. The molecule has 0 aliphatic carbocycles.